The van der Waals surface area contributed by atoms with Gasteiger partial charge in [-0.05, 0) is 69.7 Å². The van der Waals surface area contributed by atoms with Crippen molar-refractivity contribution in [3.05, 3.63) is 118 Å². The molecule has 5 aromatic rings. The lowest BCUT2D eigenvalue weighted by atomic mass is 10.0. The first-order valence-corrected chi connectivity index (χ1v) is 16.8. The van der Waals surface area contributed by atoms with Crippen LogP contribution in [0.4, 0.5) is 20.8 Å². The summed E-state index contributed by atoms with van der Waals surface area (Å²) >= 11 is 1.50. The minimum atomic E-state index is -2.07. The zero-order chi connectivity index (χ0) is 27.6. The van der Waals surface area contributed by atoms with Gasteiger partial charge in [-0.2, -0.15) is 0 Å². The summed E-state index contributed by atoms with van der Waals surface area (Å²) in [7, 11) is -2.07. The van der Waals surface area contributed by atoms with Gasteiger partial charge in [0.1, 0.15) is 18.9 Å². The molecule has 7 rings (SSSR count). The number of carbonyl (C=O) groups is 2. The summed E-state index contributed by atoms with van der Waals surface area (Å²) in [4.78, 5) is 29.6. The molecule has 2 heterocycles. The molecule has 1 aliphatic heterocycles. The molecule has 2 aliphatic rings. The largest absolute Gasteiger partial charge is 0.302 e. The Bertz CT molecular complexity index is 1850. The van der Waals surface area contributed by atoms with E-state index in [1.54, 1.807) is 18.2 Å². The molecular formula is C34H26FNO2SSi. The lowest BCUT2D eigenvalue weighted by Gasteiger charge is -2.43. The fraction of sp³-hybridized carbons (Fsp3) is 0.118. The number of fused-ring (bicyclic) bond motifs is 4. The number of hydrogen-bond donors (Lipinski definition) is 0. The molecule has 6 heteroatoms. The number of nitrogens with zero attached hydrogens (tertiary/aromatic N) is 1. The maximum absolute atomic E-state index is 14.7. The number of anilines is 3. The molecule has 0 fully saturated rings. The van der Waals surface area contributed by atoms with Crippen molar-refractivity contribution in [3.63, 3.8) is 0 Å². The Labute approximate surface area is 237 Å². The second kappa shape index (κ2) is 9.22. The fourth-order valence-corrected chi connectivity index (χ4v) is 12.0. The predicted octanol–water partition coefficient (Wildman–Crippen LogP) is 7.89. The van der Waals surface area contributed by atoms with E-state index in [0.717, 1.165) is 44.1 Å². The maximum atomic E-state index is 14.7. The summed E-state index contributed by atoms with van der Waals surface area (Å²) in [6.07, 6.45) is 1.71. The van der Waals surface area contributed by atoms with Crippen LogP contribution in [0.2, 0.25) is 12.1 Å². The molecule has 3 nitrogen and oxygen atoms in total. The van der Waals surface area contributed by atoms with Crippen LogP contribution in [-0.2, 0) is 0 Å². The first-order chi connectivity index (χ1) is 19.4. The van der Waals surface area contributed by atoms with Gasteiger partial charge in [0.15, 0.2) is 11.6 Å². The second-order valence-corrected chi connectivity index (χ2v) is 16.2. The quantitative estimate of drug-likeness (QED) is 0.128. The van der Waals surface area contributed by atoms with Gasteiger partial charge in [0.05, 0.1) is 5.57 Å². The molecule has 0 amide bonds. The van der Waals surface area contributed by atoms with Crippen molar-refractivity contribution in [2.75, 3.05) is 4.90 Å². The minimum absolute atomic E-state index is 0.188. The van der Waals surface area contributed by atoms with Crippen LogP contribution in [0.3, 0.4) is 0 Å². The molecule has 40 heavy (non-hydrogen) atoms. The fourth-order valence-electron chi connectivity index (χ4n) is 6.51. The van der Waals surface area contributed by atoms with Gasteiger partial charge >= 0.3 is 0 Å². The zero-order valence-corrected chi connectivity index (χ0v) is 24.0. The number of allylic oxidation sites excluding steroid dienone is 1. The topological polar surface area (TPSA) is 37.4 Å². The number of thiophene rings is 1. The van der Waals surface area contributed by atoms with Gasteiger partial charge in [-0.25, -0.2) is 4.39 Å². The maximum Gasteiger partial charge on any atom is 0.197 e. The molecule has 0 atom stereocenters. The standard InChI is InChI=1S/C34H26FNO2SSi/c1-3-40(4-2)30-12-8-7-11-28(30)36(29-19-23(35)13-15-31(29)40)32-16-14-24(39-32)20-27-33(37)25-17-21-9-5-6-10-22(21)18-26(25)34(27)38/h5-20H,3-4H2,1-2H3. The Morgan fingerprint density at radius 2 is 1.38 bits per heavy atom. The van der Waals surface area contributed by atoms with Crippen molar-refractivity contribution in [2.24, 2.45) is 0 Å². The molecule has 0 bridgehead atoms. The number of carbonyl (C=O) groups excluding carboxylic acids is 2. The van der Waals surface area contributed by atoms with Gasteiger partial charge in [0, 0.05) is 27.4 Å². The molecule has 1 aliphatic carbocycles. The highest BCUT2D eigenvalue weighted by Crippen LogP contribution is 2.43. The van der Waals surface area contributed by atoms with Crippen LogP contribution >= 0.6 is 11.3 Å². The number of benzene rings is 4. The summed E-state index contributed by atoms with van der Waals surface area (Å²) in [6, 6.07) is 31.1. The van der Waals surface area contributed by atoms with E-state index < -0.39 is 8.07 Å². The lowest BCUT2D eigenvalue weighted by Crippen LogP contribution is -2.62. The SMILES string of the molecule is CC[Si]1(CC)c2ccccc2N(c2ccc(C=C3C(=O)c4cc5ccccc5cc4C3=O)s2)c2cc(F)ccc21. The first kappa shape index (κ1) is 24.9. The van der Waals surface area contributed by atoms with E-state index in [0.29, 0.717) is 11.1 Å². The minimum Gasteiger partial charge on any atom is -0.302 e. The highest BCUT2D eigenvalue weighted by molar-refractivity contribution is 7.17. The number of para-hydroxylation sites is 1. The summed E-state index contributed by atoms with van der Waals surface area (Å²) < 4.78 is 14.7. The molecule has 0 unspecified atom stereocenters. The van der Waals surface area contributed by atoms with Crippen LogP contribution < -0.4 is 15.3 Å². The molecule has 0 saturated heterocycles. The molecule has 4 aromatic carbocycles. The summed E-state index contributed by atoms with van der Waals surface area (Å²) in [5, 5.41) is 5.40. The van der Waals surface area contributed by atoms with Crippen molar-refractivity contribution >= 4 is 74.6 Å². The van der Waals surface area contributed by atoms with E-state index in [4.69, 9.17) is 0 Å². The Morgan fingerprint density at radius 1 is 0.750 bits per heavy atom. The van der Waals surface area contributed by atoms with E-state index in [9.17, 15) is 14.0 Å². The number of halogens is 1. The highest BCUT2D eigenvalue weighted by Gasteiger charge is 2.43. The first-order valence-electron chi connectivity index (χ1n) is 13.6. The van der Waals surface area contributed by atoms with Crippen LogP contribution in [0, 0.1) is 5.82 Å². The lowest BCUT2D eigenvalue weighted by molar-refractivity contribution is 0.0990. The monoisotopic (exact) mass is 559 g/mol. The van der Waals surface area contributed by atoms with E-state index in [1.807, 2.05) is 60.7 Å². The number of rotatable bonds is 4. The van der Waals surface area contributed by atoms with Crippen LogP contribution in [0.5, 0.6) is 0 Å². The molecule has 0 spiro atoms. The van der Waals surface area contributed by atoms with Gasteiger partial charge < -0.3 is 4.90 Å². The Kier molecular flexibility index (Phi) is 5.73. The van der Waals surface area contributed by atoms with E-state index in [1.165, 1.54) is 21.7 Å². The Balaban J connectivity index is 1.33. The van der Waals surface area contributed by atoms with Crippen LogP contribution in [0.25, 0.3) is 16.8 Å². The molecule has 196 valence electrons. The number of ketones is 2. The van der Waals surface area contributed by atoms with Gasteiger partial charge in [-0.1, -0.05) is 74.5 Å². The van der Waals surface area contributed by atoms with Gasteiger partial charge in [-0.3, -0.25) is 9.59 Å². The van der Waals surface area contributed by atoms with Crippen molar-refractivity contribution in [3.8, 4) is 0 Å². The Hall–Kier alpha value is -4.13. The summed E-state index contributed by atoms with van der Waals surface area (Å²) in [6.45, 7) is 4.50. The second-order valence-electron chi connectivity index (χ2n) is 10.4. The van der Waals surface area contributed by atoms with Crippen LogP contribution in [-0.4, -0.2) is 19.6 Å². The van der Waals surface area contributed by atoms with E-state index in [-0.39, 0.29) is 23.0 Å². The average molecular weight is 560 g/mol. The third-order valence-corrected chi connectivity index (χ3v) is 14.9. The zero-order valence-electron chi connectivity index (χ0n) is 22.2. The number of Topliss-reactive ketones (excluding diaryl/α,β-unsaturated/α-hetero) is 2. The molecule has 0 radical (unpaired) electrons. The Morgan fingerprint density at radius 3 is 2.05 bits per heavy atom. The van der Waals surface area contributed by atoms with E-state index in [2.05, 4.69) is 36.9 Å². The third kappa shape index (κ3) is 3.53. The van der Waals surface area contributed by atoms with E-state index >= 15 is 0 Å². The van der Waals surface area contributed by atoms with Crippen molar-refractivity contribution in [2.45, 2.75) is 25.9 Å². The molecule has 0 N–H and O–H groups in total. The average Bonchev–Trinajstić information content (AvgIpc) is 3.53. The third-order valence-electron chi connectivity index (χ3n) is 8.57. The molecular weight excluding hydrogens is 534 g/mol. The molecule has 0 saturated carbocycles. The van der Waals surface area contributed by atoms with Crippen molar-refractivity contribution < 1.29 is 14.0 Å². The molecule has 1 aromatic heterocycles. The van der Waals surface area contributed by atoms with Crippen LogP contribution in [0.15, 0.2) is 96.6 Å². The van der Waals surface area contributed by atoms with Gasteiger partial charge in [0.2, 0.25) is 0 Å². The predicted molar refractivity (Wildman–Crippen MR) is 166 cm³/mol. The van der Waals surface area contributed by atoms with Crippen LogP contribution in [0.1, 0.15) is 39.4 Å². The smallest absolute Gasteiger partial charge is 0.197 e. The summed E-state index contributed by atoms with van der Waals surface area (Å²) in [5.74, 6) is -0.735. The van der Waals surface area contributed by atoms with Crippen molar-refractivity contribution in [1.82, 2.24) is 0 Å². The normalized spacial score (nSPS) is 15.3. The highest BCUT2D eigenvalue weighted by atomic mass is 32.1. The number of hydrogen-bond acceptors (Lipinski definition) is 4. The van der Waals surface area contributed by atoms with Gasteiger partial charge in [-0.15, -0.1) is 11.3 Å². The van der Waals surface area contributed by atoms with Crippen molar-refractivity contribution in [1.29, 1.82) is 0 Å². The summed E-state index contributed by atoms with van der Waals surface area (Å²) in [5.41, 5.74) is 3.09. The van der Waals surface area contributed by atoms with Gasteiger partial charge in [0.25, 0.3) is 0 Å².